The fourth-order valence-corrected chi connectivity index (χ4v) is 3.50. The summed E-state index contributed by atoms with van der Waals surface area (Å²) >= 11 is 0. The highest BCUT2D eigenvalue weighted by Crippen LogP contribution is 2.30. The molecule has 0 saturated carbocycles. The summed E-state index contributed by atoms with van der Waals surface area (Å²) in [5.74, 6) is 0.0240. The molecule has 0 aliphatic carbocycles. The summed E-state index contributed by atoms with van der Waals surface area (Å²) in [4.78, 5) is 26.3. The number of nitrogens with zero attached hydrogens (tertiary/aromatic N) is 1. The lowest BCUT2D eigenvalue weighted by atomic mass is 9.92. The number of alkyl halides is 2. The van der Waals surface area contributed by atoms with Crippen LogP contribution in [0.15, 0.2) is 42.5 Å². The smallest absolute Gasteiger partial charge is 0.387 e. The number of carbonyl (C=O) groups is 2. The number of carbonyl (C=O) groups excluding carboxylic acids is 2. The quantitative estimate of drug-likeness (QED) is 0.624. The van der Waals surface area contributed by atoms with Gasteiger partial charge < -0.3 is 19.9 Å². The Kier molecular flexibility index (Phi) is 6.45. The summed E-state index contributed by atoms with van der Waals surface area (Å²) < 4.78 is 34.6. The number of rotatable bonds is 8. The Morgan fingerprint density at radius 3 is 2.29 bits per heavy atom. The standard InChI is InChI=1S/C22H24F2N2O5/c1-13-5-4-6-14(2)18(13)30-12-16(27)11-26-19(28)22(3,25-21(26)29)15-7-9-17(10-8-15)31-20(23)24/h4-10,16,20,27H,11-12H2,1-3H3,(H,25,29). The molecule has 31 heavy (non-hydrogen) atoms. The van der Waals surface area contributed by atoms with Gasteiger partial charge in [0.15, 0.2) is 0 Å². The molecule has 166 valence electrons. The molecular formula is C22H24F2N2O5. The number of hydrogen-bond donors (Lipinski definition) is 2. The number of urea groups is 1. The van der Waals surface area contributed by atoms with Gasteiger partial charge in [-0.05, 0) is 49.6 Å². The van der Waals surface area contributed by atoms with E-state index in [9.17, 15) is 23.5 Å². The Labute approximate surface area is 178 Å². The summed E-state index contributed by atoms with van der Waals surface area (Å²) in [5, 5.41) is 13.0. The van der Waals surface area contributed by atoms with Crippen molar-refractivity contribution in [2.24, 2.45) is 0 Å². The van der Waals surface area contributed by atoms with Gasteiger partial charge in [0.25, 0.3) is 5.91 Å². The highest BCUT2D eigenvalue weighted by molar-refractivity contribution is 6.07. The normalized spacial score (nSPS) is 19.5. The van der Waals surface area contributed by atoms with E-state index < -0.39 is 30.2 Å². The van der Waals surface area contributed by atoms with E-state index in [-0.39, 0.29) is 18.9 Å². The van der Waals surface area contributed by atoms with Crippen molar-refractivity contribution >= 4 is 11.9 Å². The van der Waals surface area contributed by atoms with Gasteiger partial charge in [0.1, 0.15) is 29.7 Å². The van der Waals surface area contributed by atoms with E-state index in [1.54, 1.807) is 0 Å². The molecule has 2 N–H and O–H groups in total. The predicted molar refractivity (Wildman–Crippen MR) is 108 cm³/mol. The van der Waals surface area contributed by atoms with Crippen LogP contribution >= 0.6 is 0 Å². The second-order valence-electron chi connectivity index (χ2n) is 7.56. The van der Waals surface area contributed by atoms with Crippen LogP contribution in [0.25, 0.3) is 0 Å². The zero-order valence-electron chi connectivity index (χ0n) is 17.4. The molecule has 2 aromatic rings. The summed E-state index contributed by atoms with van der Waals surface area (Å²) in [6.45, 7) is 1.97. The van der Waals surface area contributed by atoms with Crippen LogP contribution in [0.2, 0.25) is 0 Å². The number of nitrogens with one attached hydrogen (secondary N) is 1. The van der Waals surface area contributed by atoms with E-state index in [4.69, 9.17) is 4.74 Å². The first-order valence-electron chi connectivity index (χ1n) is 9.68. The Balaban J connectivity index is 1.66. The lowest BCUT2D eigenvalue weighted by Crippen LogP contribution is -2.42. The minimum absolute atomic E-state index is 0.0601. The fraction of sp³-hybridized carbons (Fsp3) is 0.364. The maximum Gasteiger partial charge on any atom is 0.387 e. The SMILES string of the molecule is Cc1cccc(C)c1OCC(O)CN1C(=O)NC(C)(c2ccc(OC(F)F)cc2)C1=O. The van der Waals surface area contributed by atoms with Crippen LogP contribution in [0.3, 0.4) is 0 Å². The summed E-state index contributed by atoms with van der Waals surface area (Å²) in [6.07, 6.45) is -1.10. The van der Waals surface area contributed by atoms with Crippen LogP contribution in [-0.4, -0.2) is 47.8 Å². The van der Waals surface area contributed by atoms with E-state index >= 15 is 0 Å². The second-order valence-corrected chi connectivity index (χ2v) is 7.56. The molecule has 9 heteroatoms. The monoisotopic (exact) mass is 434 g/mol. The van der Waals surface area contributed by atoms with Gasteiger partial charge in [-0.25, -0.2) is 4.79 Å². The number of β-amino-alcohol motifs (C(OH)–C–C–N with tert-alkyl or cyclic N) is 1. The molecule has 2 aromatic carbocycles. The first kappa shape index (κ1) is 22.5. The van der Waals surface area contributed by atoms with Crippen molar-refractivity contribution in [1.29, 1.82) is 0 Å². The van der Waals surface area contributed by atoms with E-state index in [2.05, 4.69) is 10.1 Å². The van der Waals surface area contributed by atoms with Crippen molar-refractivity contribution < 1.29 is 33.0 Å². The van der Waals surface area contributed by atoms with Crippen LogP contribution in [0.1, 0.15) is 23.6 Å². The number of imide groups is 1. The van der Waals surface area contributed by atoms with Crippen molar-refractivity contribution in [2.75, 3.05) is 13.2 Å². The topological polar surface area (TPSA) is 88.1 Å². The van der Waals surface area contributed by atoms with Gasteiger partial charge in [0.05, 0.1) is 6.54 Å². The average Bonchev–Trinajstić information content (AvgIpc) is 2.91. The van der Waals surface area contributed by atoms with Gasteiger partial charge >= 0.3 is 12.6 Å². The third-order valence-electron chi connectivity index (χ3n) is 5.15. The average molecular weight is 434 g/mol. The van der Waals surface area contributed by atoms with Crippen molar-refractivity contribution in [2.45, 2.75) is 39.0 Å². The Morgan fingerprint density at radius 2 is 1.71 bits per heavy atom. The van der Waals surface area contributed by atoms with Crippen LogP contribution < -0.4 is 14.8 Å². The van der Waals surface area contributed by atoms with E-state index in [0.717, 1.165) is 16.0 Å². The second kappa shape index (κ2) is 8.89. The van der Waals surface area contributed by atoms with Crippen LogP contribution in [-0.2, 0) is 10.3 Å². The van der Waals surface area contributed by atoms with E-state index in [0.29, 0.717) is 11.3 Å². The van der Waals surface area contributed by atoms with Gasteiger partial charge in [-0.1, -0.05) is 30.3 Å². The first-order valence-corrected chi connectivity index (χ1v) is 9.68. The lowest BCUT2D eigenvalue weighted by molar-refractivity contribution is -0.132. The Hall–Kier alpha value is -3.20. The number of benzene rings is 2. The number of aliphatic hydroxyl groups excluding tert-OH is 1. The Morgan fingerprint density at radius 1 is 1.10 bits per heavy atom. The highest BCUT2D eigenvalue weighted by Gasteiger charge is 2.49. The predicted octanol–water partition coefficient (Wildman–Crippen LogP) is 3.11. The van der Waals surface area contributed by atoms with Gasteiger partial charge in [-0.2, -0.15) is 8.78 Å². The number of amides is 3. The van der Waals surface area contributed by atoms with Crippen LogP contribution in [0, 0.1) is 13.8 Å². The maximum atomic E-state index is 13.0. The number of para-hydroxylation sites is 1. The van der Waals surface area contributed by atoms with E-state index in [1.165, 1.54) is 31.2 Å². The largest absolute Gasteiger partial charge is 0.490 e. The molecule has 0 bridgehead atoms. The molecule has 2 atom stereocenters. The van der Waals surface area contributed by atoms with Gasteiger partial charge in [-0.3, -0.25) is 9.69 Å². The van der Waals surface area contributed by atoms with Crippen LogP contribution in [0.5, 0.6) is 11.5 Å². The summed E-state index contributed by atoms with van der Waals surface area (Å²) in [6, 6.07) is 10.5. The molecule has 1 saturated heterocycles. The molecule has 3 rings (SSSR count). The molecule has 1 fully saturated rings. The van der Waals surface area contributed by atoms with Gasteiger partial charge in [0, 0.05) is 0 Å². The number of hydrogen-bond acceptors (Lipinski definition) is 5. The minimum Gasteiger partial charge on any atom is -0.490 e. The molecular weight excluding hydrogens is 410 g/mol. The maximum absolute atomic E-state index is 13.0. The molecule has 0 aromatic heterocycles. The molecule has 0 radical (unpaired) electrons. The molecule has 1 aliphatic heterocycles. The van der Waals surface area contributed by atoms with Gasteiger partial charge in [0.2, 0.25) is 0 Å². The number of aliphatic hydroxyl groups is 1. The Bertz CT molecular complexity index is 947. The first-order chi connectivity index (χ1) is 14.6. The molecule has 7 nitrogen and oxygen atoms in total. The summed E-state index contributed by atoms with van der Waals surface area (Å²) in [5.41, 5.74) is 0.826. The molecule has 1 heterocycles. The third kappa shape index (κ3) is 4.77. The fourth-order valence-electron chi connectivity index (χ4n) is 3.50. The van der Waals surface area contributed by atoms with Crippen LogP contribution in [0.4, 0.5) is 13.6 Å². The highest BCUT2D eigenvalue weighted by atomic mass is 19.3. The number of halogens is 2. The zero-order valence-corrected chi connectivity index (χ0v) is 17.4. The van der Waals surface area contributed by atoms with Crippen molar-refractivity contribution in [1.82, 2.24) is 10.2 Å². The molecule has 3 amide bonds. The summed E-state index contributed by atoms with van der Waals surface area (Å²) in [7, 11) is 0. The minimum atomic E-state index is -2.96. The van der Waals surface area contributed by atoms with Crippen molar-refractivity contribution in [3.05, 3.63) is 59.2 Å². The lowest BCUT2D eigenvalue weighted by Gasteiger charge is -2.23. The number of ether oxygens (including phenoxy) is 2. The van der Waals surface area contributed by atoms with Crippen molar-refractivity contribution in [3.8, 4) is 11.5 Å². The molecule has 0 spiro atoms. The number of aryl methyl sites for hydroxylation is 2. The van der Waals surface area contributed by atoms with E-state index in [1.807, 2.05) is 32.0 Å². The van der Waals surface area contributed by atoms with Crippen molar-refractivity contribution in [3.63, 3.8) is 0 Å². The molecule has 1 aliphatic rings. The third-order valence-corrected chi connectivity index (χ3v) is 5.15. The van der Waals surface area contributed by atoms with Gasteiger partial charge in [-0.15, -0.1) is 0 Å². The zero-order chi connectivity index (χ0) is 22.8. The molecule has 2 unspecified atom stereocenters.